The van der Waals surface area contributed by atoms with Gasteiger partial charge in [-0.2, -0.15) is 5.10 Å². The lowest BCUT2D eigenvalue weighted by atomic mass is 10.1. The Balaban J connectivity index is 1.59. The van der Waals surface area contributed by atoms with Crippen molar-refractivity contribution in [3.63, 3.8) is 0 Å². The van der Waals surface area contributed by atoms with Crippen LogP contribution in [-0.4, -0.2) is 22.8 Å². The minimum Gasteiger partial charge on any atom is -0.497 e. The number of anilines is 1. The molecule has 0 aliphatic heterocycles. The van der Waals surface area contributed by atoms with Gasteiger partial charge in [0.15, 0.2) is 0 Å². The van der Waals surface area contributed by atoms with Crippen molar-refractivity contribution >= 4 is 35.0 Å². The fraction of sp³-hybridized carbons (Fsp3) is 0.273. The number of aryl methyl sites for hydroxylation is 2. The summed E-state index contributed by atoms with van der Waals surface area (Å²) in [5.74, 6) is 0.773. The van der Waals surface area contributed by atoms with Gasteiger partial charge in [-0.15, -0.1) is 0 Å². The summed E-state index contributed by atoms with van der Waals surface area (Å²) >= 11 is 8.00. The van der Waals surface area contributed by atoms with Gasteiger partial charge >= 0.3 is 0 Å². The first kappa shape index (κ1) is 21.3. The standard InChI is InChI=1S/C22H24ClN3O2S/c1-14-19(15(2)26(3)25-14)10-12-22(27)24-16-5-11-21(20(23)13-16)29-18-8-6-17(28-4)7-9-18/h5-9,11,13H,10,12H2,1-4H3,(H,24,27). The largest absolute Gasteiger partial charge is 0.497 e. The summed E-state index contributed by atoms with van der Waals surface area (Å²) in [5.41, 5.74) is 3.89. The van der Waals surface area contributed by atoms with Crippen molar-refractivity contribution in [2.45, 2.75) is 36.5 Å². The molecule has 2 aromatic carbocycles. The molecule has 29 heavy (non-hydrogen) atoms. The Kier molecular flexibility index (Phi) is 6.87. The number of benzene rings is 2. The van der Waals surface area contributed by atoms with E-state index in [9.17, 15) is 4.79 Å². The van der Waals surface area contributed by atoms with Crippen molar-refractivity contribution in [3.05, 3.63) is 64.4 Å². The molecular formula is C22H24ClN3O2S. The minimum atomic E-state index is -0.0423. The van der Waals surface area contributed by atoms with E-state index in [-0.39, 0.29) is 5.91 Å². The molecular weight excluding hydrogens is 406 g/mol. The maximum absolute atomic E-state index is 12.4. The van der Waals surface area contributed by atoms with Crippen LogP contribution in [0.25, 0.3) is 0 Å². The van der Waals surface area contributed by atoms with Crippen molar-refractivity contribution in [2.24, 2.45) is 7.05 Å². The number of carbonyl (C=O) groups is 1. The molecule has 7 heteroatoms. The van der Waals surface area contributed by atoms with Gasteiger partial charge in [0.25, 0.3) is 0 Å². The number of amides is 1. The Morgan fingerprint density at radius 2 is 1.93 bits per heavy atom. The van der Waals surface area contributed by atoms with Crippen LogP contribution < -0.4 is 10.1 Å². The van der Waals surface area contributed by atoms with Crippen molar-refractivity contribution in [1.29, 1.82) is 0 Å². The highest BCUT2D eigenvalue weighted by molar-refractivity contribution is 7.99. The van der Waals surface area contributed by atoms with Gasteiger partial charge in [0.1, 0.15) is 5.75 Å². The number of methoxy groups -OCH3 is 1. The van der Waals surface area contributed by atoms with Crippen molar-refractivity contribution in [1.82, 2.24) is 9.78 Å². The lowest BCUT2D eigenvalue weighted by molar-refractivity contribution is -0.116. The van der Waals surface area contributed by atoms with Crippen molar-refractivity contribution in [2.75, 3.05) is 12.4 Å². The molecule has 0 atom stereocenters. The summed E-state index contributed by atoms with van der Waals surface area (Å²) in [5, 5.41) is 7.92. The number of hydrogen-bond donors (Lipinski definition) is 1. The predicted octanol–water partition coefficient (Wildman–Crippen LogP) is 5.42. The number of nitrogens with zero attached hydrogens (tertiary/aromatic N) is 2. The van der Waals surface area contributed by atoms with Crippen LogP contribution in [0.1, 0.15) is 23.4 Å². The van der Waals surface area contributed by atoms with Crippen LogP contribution in [0.2, 0.25) is 5.02 Å². The summed E-state index contributed by atoms with van der Waals surface area (Å²) < 4.78 is 7.03. The number of nitrogens with one attached hydrogen (secondary N) is 1. The molecule has 5 nitrogen and oxygen atoms in total. The van der Waals surface area contributed by atoms with Gasteiger partial charge in [0.2, 0.25) is 5.91 Å². The van der Waals surface area contributed by atoms with E-state index in [1.807, 2.05) is 62.0 Å². The molecule has 1 aromatic heterocycles. The number of ether oxygens (including phenoxy) is 1. The zero-order chi connectivity index (χ0) is 21.0. The van der Waals surface area contributed by atoms with E-state index in [1.54, 1.807) is 24.9 Å². The first-order valence-corrected chi connectivity index (χ1v) is 10.5. The summed E-state index contributed by atoms with van der Waals surface area (Å²) in [6.07, 6.45) is 1.06. The molecule has 0 bridgehead atoms. The first-order chi connectivity index (χ1) is 13.9. The zero-order valence-electron chi connectivity index (χ0n) is 17.0. The number of rotatable bonds is 7. The Bertz CT molecular complexity index is 1020. The van der Waals surface area contributed by atoms with Crippen LogP contribution >= 0.6 is 23.4 Å². The third-order valence-electron chi connectivity index (χ3n) is 4.76. The van der Waals surface area contributed by atoms with E-state index in [2.05, 4.69) is 10.4 Å². The number of aromatic nitrogens is 2. The van der Waals surface area contributed by atoms with Gasteiger partial charge in [0.05, 0.1) is 17.8 Å². The van der Waals surface area contributed by atoms with Crippen LogP contribution in [0.15, 0.2) is 52.3 Å². The summed E-state index contributed by atoms with van der Waals surface area (Å²) in [6.45, 7) is 3.99. The zero-order valence-corrected chi connectivity index (χ0v) is 18.5. The topological polar surface area (TPSA) is 56.1 Å². The molecule has 1 amide bonds. The normalized spacial score (nSPS) is 10.8. The minimum absolute atomic E-state index is 0.0423. The van der Waals surface area contributed by atoms with E-state index in [1.165, 1.54) is 0 Å². The fourth-order valence-corrected chi connectivity index (χ4v) is 4.19. The van der Waals surface area contributed by atoms with Crippen LogP contribution in [0.4, 0.5) is 5.69 Å². The molecule has 0 saturated heterocycles. The Morgan fingerprint density at radius 3 is 2.52 bits per heavy atom. The smallest absolute Gasteiger partial charge is 0.224 e. The van der Waals surface area contributed by atoms with E-state index >= 15 is 0 Å². The summed E-state index contributed by atoms with van der Waals surface area (Å²) in [6, 6.07) is 13.4. The van der Waals surface area contributed by atoms with E-state index in [0.717, 1.165) is 32.5 Å². The highest BCUT2D eigenvalue weighted by Gasteiger charge is 2.12. The molecule has 0 aliphatic rings. The average Bonchev–Trinajstić information content (AvgIpc) is 2.94. The second-order valence-corrected chi connectivity index (χ2v) is 8.27. The van der Waals surface area contributed by atoms with E-state index in [4.69, 9.17) is 16.3 Å². The molecule has 0 saturated carbocycles. The molecule has 3 rings (SSSR count). The Labute approximate surface area is 180 Å². The number of hydrogen-bond acceptors (Lipinski definition) is 4. The van der Waals surface area contributed by atoms with Crippen LogP contribution in [0, 0.1) is 13.8 Å². The Hall–Kier alpha value is -2.44. The molecule has 152 valence electrons. The molecule has 1 heterocycles. The van der Waals surface area contributed by atoms with E-state index in [0.29, 0.717) is 23.6 Å². The number of carbonyl (C=O) groups excluding carboxylic acids is 1. The fourth-order valence-electron chi connectivity index (χ4n) is 3.07. The molecule has 0 spiro atoms. The average molecular weight is 430 g/mol. The maximum atomic E-state index is 12.4. The molecule has 0 unspecified atom stereocenters. The third-order valence-corrected chi connectivity index (χ3v) is 6.27. The van der Waals surface area contributed by atoms with E-state index < -0.39 is 0 Å². The van der Waals surface area contributed by atoms with Crippen molar-refractivity contribution in [3.8, 4) is 5.75 Å². The molecule has 0 fully saturated rings. The lowest BCUT2D eigenvalue weighted by Gasteiger charge is -2.09. The summed E-state index contributed by atoms with van der Waals surface area (Å²) in [7, 11) is 3.56. The molecule has 0 radical (unpaired) electrons. The highest BCUT2D eigenvalue weighted by atomic mass is 35.5. The Morgan fingerprint density at radius 1 is 1.21 bits per heavy atom. The van der Waals surface area contributed by atoms with Gasteiger partial charge in [-0.05, 0) is 68.3 Å². The van der Waals surface area contributed by atoms with Gasteiger partial charge in [-0.3, -0.25) is 9.48 Å². The lowest BCUT2D eigenvalue weighted by Crippen LogP contribution is -2.12. The number of halogens is 1. The maximum Gasteiger partial charge on any atom is 0.224 e. The second kappa shape index (κ2) is 9.37. The SMILES string of the molecule is COc1ccc(Sc2ccc(NC(=O)CCc3c(C)nn(C)c3C)cc2Cl)cc1. The van der Waals surface area contributed by atoms with Gasteiger partial charge in [-0.1, -0.05) is 23.4 Å². The highest BCUT2D eigenvalue weighted by Crippen LogP contribution is 2.35. The predicted molar refractivity (Wildman–Crippen MR) is 118 cm³/mol. The van der Waals surface area contributed by atoms with Crippen molar-refractivity contribution < 1.29 is 9.53 Å². The third kappa shape index (κ3) is 5.34. The van der Waals surface area contributed by atoms with Crippen LogP contribution in [-0.2, 0) is 18.3 Å². The molecule has 3 aromatic rings. The monoisotopic (exact) mass is 429 g/mol. The molecule has 0 aliphatic carbocycles. The van der Waals surface area contributed by atoms with Gasteiger partial charge in [0, 0.05) is 34.6 Å². The second-order valence-electron chi connectivity index (χ2n) is 6.74. The van der Waals surface area contributed by atoms with Gasteiger partial charge in [-0.25, -0.2) is 0 Å². The van der Waals surface area contributed by atoms with Crippen LogP contribution in [0.3, 0.4) is 0 Å². The van der Waals surface area contributed by atoms with Crippen LogP contribution in [0.5, 0.6) is 5.75 Å². The molecule has 1 N–H and O–H groups in total. The first-order valence-electron chi connectivity index (χ1n) is 9.27. The summed E-state index contributed by atoms with van der Waals surface area (Å²) in [4.78, 5) is 14.4. The quantitative estimate of drug-likeness (QED) is 0.544. The van der Waals surface area contributed by atoms with Gasteiger partial charge < -0.3 is 10.1 Å².